The second-order valence-corrected chi connectivity index (χ2v) is 4.81. The van der Waals surface area contributed by atoms with E-state index in [9.17, 15) is 4.79 Å². The summed E-state index contributed by atoms with van der Waals surface area (Å²) in [5.74, 6) is 0.483. The zero-order valence-electron chi connectivity index (χ0n) is 11.8. The monoisotopic (exact) mass is 289 g/mol. The molecule has 112 valence electrons. The van der Waals surface area contributed by atoms with Crippen LogP contribution in [0.2, 0.25) is 0 Å². The van der Waals surface area contributed by atoms with Crippen molar-refractivity contribution >= 4 is 5.97 Å². The molecule has 5 nitrogen and oxygen atoms in total. The van der Waals surface area contributed by atoms with E-state index < -0.39 is 5.97 Å². The second kappa shape index (κ2) is 8.09. The number of carbonyl (C=O) groups is 1. The Morgan fingerprint density at radius 1 is 1.14 bits per heavy atom. The smallest absolute Gasteiger partial charge is 0.358 e. The fourth-order valence-corrected chi connectivity index (χ4v) is 1.99. The van der Waals surface area contributed by atoms with Crippen molar-refractivity contribution in [2.45, 2.75) is 32.1 Å². The zero-order valence-corrected chi connectivity index (χ0v) is 11.8. The van der Waals surface area contributed by atoms with Crippen molar-refractivity contribution < 1.29 is 19.2 Å². The van der Waals surface area contributed by atoms with Crippen LogP contribution < -0.4 is 4.74 Å². The number of aryl methyl sites for hydroxylation is 1. The highest BCUT2D eigenvalue weighted by atomic mass is 16.5. The van der Waals surface area contributed by atoms with Gasteiger partial charge in [-0.05, 0) is 25.0 Å². The summed E-state index contributed by atoms with van der Waals surface area (Å²) < 4.78 is 10.6. The Kier molecular flexibility index (Phi) is 5.82. The van der Waals surface area contributed by atoms with E-state index in [1.165, 1.54) is 6.07 Å². The number of aromatic carboxylic acids is 1. The third-order valence-electron chi connectivity index (χ3n) is 3.11. The summed E-state index contributed by atoms with van der Waals surface area (Å²) in [7, 11) is 0. The van der Waals surface area contributed by atoms with Crippen LogP contribution in [0.4, 0.5) is 0 Å². The Bertz CT molecular complexity index is 550. The number of carboxylic acid groups (broad SMARTS) is 1. The van der Waals surface area contributed by atoms with Crippen LogP contribution in [0.25, 0.3) is 0 Å². The topological polar surface area (TPSA) is 72.6 Å². The molecule has 21 heavy (non-hydrogen) atoms. The summed E-state index contributed by atoms with van der Waals surface area (Å²) in [4.78, 5) is 10.6. The lowest BCUT2D eigenvalue weighted by Gasteiger charge is -2.05. The van der Waals surface area contributed by atoms with Gasteiger partial charge in [-0.2, -0.15) is 0 Å². The molecule has 0 saturated carbocycles. The van der Waals surface area contributed by atoms with E-state index in [2.05, 4.69) is 5.16 Å². The van der Waals surface area contributed by atoms with Gasteiger partial charge >= 0.3 is 5.97 Å². The minimum Gasteiger partial charge on any atom is -0.494 e. The van der Waals surface area contributed by atoms with E-state index in [1.54, 1.807) is 0 Å². The van der Waals surface area contributed by atoms with Crippen molar-refractivity contribution in [3.05, 3.63) is 47.9 Å². The summed E-state index contributed by atoms with van der Waals surface area (Å²) in [6.07, 6.45) is 4.82. The Hall–Kier alpha value is -2.30. The van der Waals surface area contributed by atoms with Gasteiger partial charge in [0.05, 0.1) is 6.61 Å². The molecule has 2 aromatic rings. The minimum atomic E-state index is -1.05. The number of nitrogens with zero attached hydrogens (tertiary/aromatic N) is 1. The van der Waals surface area contributed by atoms with Gasteiger partial charge in [0.25, 0.3) is 0 Å². The van der Waals surface area contributed by atoms with E-state index in [4.69, 9.17) is 14.4 Å². The molecular formula is C16H19NO4. The first-order valence-corrected chi connectivity index (χ1v) is 7.12. The highest BCUT2D eigenvalue weighted by molar-refractivity contribution is 5.85. The normalized spacial score (nSPS) is 10.5. The van der Waals surface area contributed by atoms with E-state index >= 15 is 0 Å². The van der Waals surface area contributed by atoms with Gasteiger partial charge in [0, 0.05) is 12.5 Å². The van der Waals surface area contributed by atoms with Crippen LogP contribution in [0, 0.1) is 0 Å². The molecule has 1 aromatic heterocycles. The van der Waals surface area contributed by atoms with Crippen LogP contribution in [-0.4, -0.2) is 22.8 Å². The van der Waals surface area contributed by atoms with Crippen molar-refractivity contribution in [3.63, 3.8) is 0 Å². The van der Waals surface area contributed by atoms with Crippen molar-refractivity contribution in [1.82, 2.24) is 5.16 Å². The first-order chi connectivity index (χ1) is 10.3. The predicted molar refractivity (Wildman–Crippen MR) is 77.6 cm³/mol. The number of carboxylic acids is 1. The molecular weight excluding hydrogens is 270 g/mol. The maximum atomic E-state index is 10.6. The van der Waals surface area contributed by atoms with Crippen LogP contribution >= 0.6 is 0 Å². The fourth-order valence-electron chi connectivity index (χ4n) is 1.99. The molecule has 1 aromatic carbocycles. The van der Waals surface area contributed by atoms with E-state index in [0.717, 1.165) is 44.5 Å². The maximum Gasteiger partial charge on any atom is 0.358 e. The maximum absolute atomic E-state index is 10.6. The average Bonchev–Trinajstić information content (AvgIpc) is 2.96. The third kappa shape index (κ3) is 5.30. The van der Waals surface area contributed by atoms with Crippen molar-refractivity contribution in [2.75, 3.05) is 6.61 Å². The van der Waals surface area contributed by atoms with E-state index in [1.807, 2.05) is 30.3 Å². The molecule has 5 heteroatoms. The lowest BCUT2D eigenvalue weighted by atomic mass is 10.1. The molecule has 1 N–H and O–H groups in total. The highest BCUT2D eigenvalue weighted by Gasteiger charge is 2.09. The molecule has 0 saturated heterocycles. The van der Waals surface area contributed by atoms with Crippen LogP contribution in [0.15, 0.2) is 40.9 Å². The van der Waals surface area contributed by atoms with Crippen LogP contribution in [0.5, 0.6) is 5.75 Å². The summed E-state index contributed by atoms with van der Waals surface area (Å²) in [5, 5.41) is 12.2. The Balaban J connectivity index is 1.53. The van der Waals surface area contributed by atoms with Crippen LogP contribution in [-0.2, 0) is 6.42 Å². The summed E-state index contributed by atoms with van der Waals surface area (Å²) in [6.45, 7) is 0.718. The molecule has 0 amide bonds. The number of para-hydroxylation sites is 1. The molecule has 2 rings (SSSR count). The summed E-state index contributed by atoms with van der Waals surface area (Å²) in [6, 6.07) is 11.3. The Morgan fingerprint density at radius 3 is 2.62 bits per heavy atom. The van der Waals surface area contributed by atoms with E-state index in [0.29, 0.717) is 5.76 Å². The molecule has 0 radical (unpaired) electrons. The number of ether oxygens (including phenoxy) is 1. The SMILES string of the molecule is O=C(O)c1cc(CCCCCCOc2ccccc2)on1. The number of aromatic nitrogens is 1. The molecule has 0 aliphatic carbocycles. The highest BCUT2D eigenvalue weighted by Crippen LogP contribution is 2.11. The predicted octanol–water partition coefficient (Wildman–Crippen LogP) is 3.55. The van der Waals surface area contributed by atoms with Gasteiger partial charge in [-0.15, -0.1) is 0 Å². The van der Waals surface area contributed by atoms with Crippen molar-refractivity contribution in [2.24, 2.45) is 0 Å². The van der Waals surface area contributed by atoms with Crippen molar-refractivity contribution in [3.8, 4) is 5.75 Å². The third-order valence-corrected chi connectivity index (χ3v) is 3.11. The molecule has 0 spiro atoms. The number of hydrogen-bond acceptors (Lipinski definition) is 4. The van der Waals surface area contributed by atoms with Crippen molar-refractivity contribution in [1.29, 1.82) is 0 Å². The van der Waals surface area contributed by atoms with Gasteiger partial charge in [0.15, 0.2) is 5.69 Å². The Labute approximate surface area is 123 Å². The zero-order chi connectivity index (χ0) is 14.9. The van der Waals surface area contributed by atoms with Crippen LogP contribution in [0.3, 0.4) is 0 Å². The van der Waals surface area contributed by atoms with E-state index in [-0.39, 0.29) is 5.69 Å². The van der Waals surface area contributed by atoms with Crippen LogP contribution in [0.1, 0.15) is 41.9 Å². The quantitative estimate of drug-likeness (QED) is 0.715. The number of hydrogen-bond donors (Lipinski definition) is 1. The molecule has 0 fully saturated rings. The number of benzene rings is 1. The lowest BCUT2D eigenvalue weighted by Crippen LogP contribution is -1.97. The molecule has 0 atom stereocenters. The lowest BCUT2D eigenvalue weighted by molar-refractivity contribution is 0.0685. The number of rotatable bonds is 9. The molecule has 0 aliphatic rings. The average molecular weight is 289 g/mol. The number of unbranched alkanes of at least 4 members (excludes halogenated alkanes) is 3. The fraction of sp³-hybridized carbons (Fsp3) is 0.375. The second-order valence-electron chi connectivity index (χ2n) is 4.81. The van der Waals surface area contributed by atoms with Gasteiger partial charge in [0.1, 0.15) is 11.5 Å². The minimum absolute atomic E-state index is 0.0266. The molecule has 0 aliphatic heterocycles. The first-order valence-electron chi connectivity index (χ1n) is 7.12. The molecule has 0 bridgehead atoms. The standard InChI is InChI=1S/C16H19NO4/c18-16(19)15-12-14(21-17-15)10-4-1-2-7-11-20-13-8-5-3-6-9-13/h3,5-6,8-9,12H,1-2,4,7,10-11H2,(H,18,19). The van der Waals surface area contributed by atoms with Gasteiger partial charge < -0.3 is 14.4 Å². The van der Waals surface area contributed by atoms with Gasteiger partial charge in [0.2, 0.25) is 0 Å². The summed E-state index contributed by atoms with van der Waals surface area (Å²) in [5.41, 5.74) is -0.0266. The summed E-state index contributed by atoms with van der Waals surface area (Å²) >= 11 is 0. The van der Waals surface area contributed by atoms with Gasteiger partial charge in [-0.1, -0.05) is 36.2 Å². The van der Waals surface area contributed by atoms with Gasteiger partial charge in [-0.3, -0.25) is 0 Å². The largest absolute Gasteiger partial charge is 0.494 e. The first kappa shape index (κ1) is 15.1. The molecule has 0 unspecified atom stereocenters. The van der Waals surface area contributed by atoms with Gasteiger partial charge in [-0.25, -0.2) is 4.79 Å². The molecule has 1 heterocycles. The Morgan fingerprint density at radius 2 is 1.90 bits per heavy atom.